The second-order valence-corrected chi connectivity index (χ2v) is 10.9. The Bertz CT molecular complexity index is 1050. The summed E-state index contributed by atoms with van der Waals surface area (Å²) >= 11 is 0. The molecule has 0 bridgehead atoms. The van der Waals surface area contributed by atoms with Crippen molar-refractivity contribution in [3.05, 3.63) is 60.2 Å². The lowest BCUT2D eigenvalue weighted by molar-refractivity contribution is -0.116. The summed E-state index contributed by atoms with van der Waals surface area (Å²) in [7, 11) is -3.35. The van der Waals surface area contributed by atoms with Crippen LogP contribution in [0.1, 0.15) is 45.6 Å². The summed E-state index contributed by atoms with van der Waals surface area (Å²) in [5, 5.41) is 9.00. The molecule has 2 aromatic rings. The largest absolute Gasteiger partial charge is 0.326 e. The molecule has 0 atom stereocenters. The molecule has 1 aliphatic rings. The first-order valence-corrected chi connectivity index (χ1v) is 12.0. The van der Waals surface area contributed by atoms with Gasteiger partial charge >= 0.3 is 0 Å². The molecule has 1 aliphatic heterocycles. The monoisotopic (exact) mass is 458 g/mol. The number of hydrazine groups is 2. The highest BCUT2D eigenvalue weighted by molar-refractivity contribution is 7.90. The highest BCUT2D eigenvalue weighted by atomic mass is 32.2. The van der Waals surface area contributed by atoms with Crippen molar-refractivity contribution >= 4 is 33.1 Å². The zero-order valence-electron chi connectivity index (χ0n) is 18.6. The number of benzene rings is 2. The van der Waals surface area contributed by atoms with Crippen LogP contribution in [0.5, 0.6) is 0 Å². The van der Waals surface area contributed by atoms with E-state index in [1.54, 1.807) is 20.8 Å². The number of amides is 1. The quantitative estimate of drug-likeness (QED) is 0.430. The first-order valence-electron chi connectivity index (χ1n) is 10.5. The summed E-state index contributed by atoms with van der Waals surface area (Å²) in [5.74, 6) is 0.607. The Morgan fingerprint density at radius 3 is 2.38 bits per heavy atom. The minimum absolute atomic E-state index is 0.108. The number of hydrogen-bond acceptors (Lipinski definition) is 7. The number of carbonyl (C=O) groups excluding carboxylic acids is 1. The Hall–Kier alpha value is -2.95. The maximum atomic E-state index is 12.2. The van der Waals surface area contributed by atoms with E-state index in [9.17, 15) is 13.2 Å². The third-order valence-corrected chi connectivity index (χ3v) is 7.10. The van der Waals surface area contributed by atoms with Crippen molar-refractivity contribution in [2.24, 2.45) is 5.10 Å². The number of hydrogen-bond donors (Lipinski definition) is 4. The summed E-state index contributed by atoms with van der Waals surface area (Å²) < 4.78 is 25.8. The molecule has 32 heavy (non-hydrogen) atoms. The molecule has 0 fully saturated rings. The van der Waals surface area contributed by atoms with E-state index in [1.165, 1.54) is 0 Å². The van der Waals surface area contributed by atoms with Gasteiger partial charge in [-0.1, -0.05) is 18.2 Å². The average Bonchev–Trinajstić information content (AvgIpc) is 3.24. The van der Waals surface area contributed by atoms with Crippen molar-refractivity contribution in [2.75, 3.05) is 16.9 Å². The van der Waals surface area contributed by atoms with Crippen molar-refractivity contribution in [2.45, 2.75) is 44.8 Å². The first kappa shape index (κ1) is 23.7. The van der Waals surface area contributed by atoms with Crippen LogP contribution >= 0.6 is 0 Å². The van der Waals surface area contributed by atoms with Crippen molar-refractivity contribution in [1.82, 2.24) is 15.8 Å². The lowest BCUT2D eigenvalue weighted by Gasteiger charge is -2.19. The number of hydrazone groups is 1. The molecule has 0 saturated heterocycles. The van der Waals surface area contributed by atoms with Crippen LogP contribution in [0.3, 0.4) is 0 Å². The Morgan fingerprint density at radius 2 is 1.72 bits per heavy atom. The fraction of sp³-hybridized carbons (Fsp3) is 0.364. The molecule has 0 aromatic heterocycles. The van der Waals surface area contributed by atoms with Crippen LogP contribution in [-0.2, 0) is 14.8 Å². The summed E-state index contributed by atoms with van der Waals surface area (Å²) in [5.41, 5.74) is 8.27. The summed E-state index contributed by atoms with van der Waals surface area (Å²) in [6.07, 6.45) is 1.51. The molecule has 2 aromatic carbocycles. The molecule has 1 heterocycles. The topological polar surface area (TPSA) is 115 Å². The molecule has 0 aliphatic carbocycles. The second kappa shape index (κ2) is 10.1. The minimum atomic E-state index is -3.35. The van der Waals surface area contributed by atoms with Crippen LogP contribution in [0.4, 0.5) is 11.4 Å². The number of para-hydroxylation sites is 1. The Morgan fingerprint density at radius 1 is 1.03 bits per heavy atom. The van der Waals surface area contributed by atoms with Crippen LogP contribution in [0.15, 0.2) is 59.7 Å². The molecule has 9 nitrogen and oxygen atoms in total. The molecule has 3 rings (SSSR count). The SMILES string of the molecule is CC(C)(C)S(=O)(=O)NCCCCC(=O)Nc1ccc(C2=NNNN2c2ccccc2)cc1. The first-order chi connectivity index (χ1) is 15.2. The molecule has 0 unspecified atom stereocenters. The smallest absolute Gasteiger partial charge is 0.224 e. The fourth-order valence-electron chi connectivity index (χ4n) is 2.95. The molecule has 0 saturated carbocycles. The van der Waals surface area contributed by atoms with Gasteiger partial charge in [0.15, 0.2) is 5.84 Å². The molecule has 0 spiro atoms. The Labute approximate surface area is 189 Å². The van der Waals surface area contributed by atoms with Gasteiger partial charge in [0.05, 0.1) is 10.4 Å². The van der Waals surface area contributed by atoms with E-state index in [0.29, 0.717) is 37.3 Å². The van der Waals surface area contributed by atoms with Gasteiger partial charge in [0.1, 0.15) is 0 Å². The van der Waals surface area contributed by atoms with E-state index in [4.69, 9.17) is 0 Å². The third-order valence-electron chi connectivity index (χ3n) is 4.91. The second-order valence-electron chi connectivity index (χ2n) is 8.42. The molecule has 1 amide bonds. The molecular formula is C22H30N6O3S. The number of nitrogens with zero attached hydrogens (tertiary/aromatic N) is 2. The van der Waals surface area contributed by atoms with E-state index >= 15 is 0 Å². The van der Waals surface area contributed by atoms with E-state index in [0.717, 1.165) is 11.3 Å². The Kier molecular flexibility index (Phi) is 7.49. The average molecular weight is 459 g/mol. The Balaban J connectivity index is 1.46. The van der Waals surface area contributed by atoms with Crippen LogP contribution < -0.4 is 26.1 Å². The summed E-state index contributed by atoms with van der Waals surface area (Å²) in [6, 6.07) is 17.2. The van der Waals surface area contributed by atoms with E-state index < -0.39 is 14.8 Å². The summed E-state index contributed by atoms with van der Waals surface area (Å²) in [4.78, 5) is 12.2. The highest BCUT2D eigenvalue weighted by Crippen LogP contribution is 2.19. The van der Waals surface area contributed by atoms with Crippen molar-refractivity contribution in [3.63, 3.8) is 0 Å². The van der Waals surface area contributed by atoms with Gasteiger partial charge in [-0.05, 0) is 70.0 Å². The molecular weight excluding hydrogens is 428 g/mol. The van der Waals surface area contributed by atoms with Crippen LogP contribution in [0.2, 0.25) is 0 Å². The number of anilines is 2. The highest BCUT2D eigenvalue weighted by Gasteiger charge is 2.28. The van der Waals surface area contributed by atoms with Gasteiger partial charge in [0, 0.05) is 24.2 Å². The molecule has 10 heteroatoms. The lowest BCUT2D eigenvalue weighted by Crippen LogP contribution is -2.41. The van der Waals surface area contributed by atoms with E-state index in [2.05, 4.69) is 26.2 Å². The van der Waals surface area contributed by atoms with Crippen LogP contribution in [0, 0.1) is 0 Å². The van der Waals surface area contributed by atoms with Gasteiger partial charge in [-0.25, -0.2) is 23.7 Å². The standard InChI is InChI=1S/C22H30N6O3S/c1-22(2,3)32(30,31)23-16-8-7-11-20(29)24-18-14-12-17(13-15-18)21-25-26-27-28(21)19-9-5-4-6-10-19/h4-6,9-10,12-15,23,26-27H,7-8,11,16H2,1-3H3,(H,24,29). The van der Waals surface area contributed by atoms with Crippen molar-refractivity contribution in [1.29, 1.82) is 0 Å². The number of carbonyl (C=O) groups is 1. The fourth-order valence-corrected chi connectivity index (χ4v) is 3.79. The normalized spacial score (nSPS) is 14.1. The zero-order chi connectivity index (χ0) is 23.2. The number of nitrogens with one attached hydrogen (secondary N) is 4. The summed E-state index contributed by atoms with van der Waals surface area (Å²) in [6.45, 7) is 5.28. The van der Waals surface area contributed by atoms with E-state index in [1.807, 2.05) is 59.6 Å². The number of amidine groups is 1. The molecule has 172 valence electrons. The zero-order valence-corrected chi connectivity index (χ0v) is 19.4. The van der Waals surface area contributed by atoms with Gasteiger partial charge in [0.25, 0.3) is 0 Å². The number of rotatable bonds is 9. The predicted octanol–water partition coefficient (Wildman–Crippen LogP) is 2.70. The predicted molar refractivity (Wildman–Crippen MR) is 127 cm³/mol. The lowest BCUT2D eigenvalue weighted by atomic mass is 10.1. The minimum Gasteiger partial charge on any atom is -0.326 e. The van der Waals surface area contributed by atoms with Gasteiger partial charge in [0.2, 0.25) is 15.9 Å². The maximum absolute atomic E-state index is 12.2. The van der Waals surface area contributed by atoms with Crippen molar-refractivity contribution < 1.29 is 13.2 Å². The molecule has 0 radical (unpaired) electrons. The van der Waals surface area contributed by atoms with Gasteiger partial charge < -0.3 is 5.32 Å². The van der Waals surface area contributed by atoms with Gasteiger partial charge in [-0.2, -0.15) is 0 Å². The number of sulfonamides is 1. The maximum Gasteiger partial charge on any atom is 0.224 e. The van der Waals surface area contributed by atoms with Gasteiger partial charge in [-0.15, -0.1) is 10.6 Å². The van der Waals surface area contributed by atoms with Gasteiger partial charge in [-0.3, -0.25) is 4.79 Å². The third kappa shape index (κ3) is 6.06. The van der Waals surface area contributed by atoms with Crippen molar-refractivity contribution in [3.8, 4) is 0 Å². The molecule has 4 N–H and O–H groups in total. The van der Waals surface area contributed by atoms with Crippen LogP contribution in [0.25, 0.3) is 0 Å². The number of unbranched alkanes of at least 4 members (excludes halogenated alkanes) is 1. The van der Waals surface area contributed by atoms with E-state index in [-0.39, 0.29) is 5.91 Å². The van der Waals surface area contributed by atoms with Crippen LogP contribution in [-0.4, -0.2) is 31.5 Å².